The number of benzene rings is 2. The molecule has 0 spiro atoms. The Labute approximate surface area is 170 Å². The number of anilines is 2. The lowest BCUT2D eigenvalue weighted by Crippen LogP contribution is -2.17. The van der Waals surface area contributed by atoms with E-state index in [-0.39, 0.29) is 23.5 Å². The van der Waals surface area contributed by atoms with Crippen LogP contribution in [-0.4, -0.2) is 20.9 Å². The highest BCUT2D eigenvalue weighted by atomic mass is 35.5. The van der Waals surface area contributed by atoms with Gasteiger partial charge in [-0.3, -0.25) is 4.79 Å². The van der Waals surface area contributed by atoms with Gasteiger partial charge in [-0.15, -0.1) is 0 Å². The lowest BCUT2D eigenvalue weighted by atomic mass is 10.0. The molecular formula is C21H16ClN5O2. The van der Waals surface area contributed by atoms with E-state index in [1.54, 1.807) is 12.1 Å². The third-order valence-corrected chi connectivity index (χ3v) is 5.11. The molecule has 3 N–H and O–H groups in total. The number of nitrogen functional groups attached to an aromatic ring is 1. The number of amides is 1. The van der Waals surface area contributed by atoms with Gasteiger partial charge in [0, 0.05) is 17.0 Å². The molecule has 8 heteroatoms. The number of rotatable bonds is 4. The molecule has 29 heavy (non-hydrogen) atoms. The van der Waals surface area contributed by atoms with Crippen LogP contribution in [0.25, 0.3) is 33.6 Å². The molecule has 0 radical (unpaired) electrons. The molecule has 4 aromatic rings. The van der Waals surface area contributed by atoms with E-state index in [2.05, 4.69) is 20.3 Å². The van der Waals surface area contributed by atoms with Crippen molar-refractivity contribution in [3.8, 4) is 22.5 Å². The SMILES string of the molecule is Nc1nc(-c2ccccc2)c(-c2cc(Cl)c3ncoc3c2)nc1NC(=O)C1CC1. The largest absolute Gasteiger partial charge is 0.443 e. The van der Waals surface area contributed by atoms with E-state index in [4.69, 9.17) is 21.8 Å². The summed E-state index contributed by atoms with van der Waals surface area (Å²) in [5.41, 5.74) is 9.90. The minimum atomic E-state index is -0.0897. The summed E-state index contributed by atoms with van der Waals surface area (Å²) in [6.07, 6.45) is 3.10. The number of halogens is 1. The quantitative estimate of drug-likeness (QED) is 0.516. The number of carbonyl (C=O) groups excluding carboxylic acids is 1. The van der Waals surface area contributed by atoms with Gasteiger partial charge >= 0.3 is 0 Å². The molecule has 0 aliphatic heterocycles. The van der Waals surface area contributed by atoms with Gasteiger partial charge in [0.25, 0.3) is 0 Å². The predicted molar refractivity (Wildman–Crippen MR) is 111 cm³/mol. The number of carbonyl (C=O) groups is 1. The second kappa shape index (κ2) is 6.86. The highest BCUT2D eigenvalue weighted by molar-refractivity contribution is 6.35. The summed E-state index contributed by atoms with van der Waals surface area (Å²) in [7, 11) is 0. The van der Waals surface area contributed by atoms with Gasteiger partial charge in [0.1, 0.15) is 5.52 Å². The maximum absolute atomic E-state index is 12.2. The smallest absolute Gasteiger partial charge is 0.228 e. The van der Waals surface area contributed by atoms with Crippen molar-refractivity contribution in [3.05, 3.63) is 53.9 Å². The maximum atomic E-state index is 12.2. The van der Waals surface area contributed by atoms with Crippen molar-refractivity contribution < 1.29 is 9.21 Å². The Kier molecular flexibility index (Phi) is 4.17. The molecule has 5 rings (SSSR count). The second-order valence-corrected chi connectivity index (χ2v) is 7.35. The van der Waals surface area contributed by atoms with Gasteiger partial charge in [-0.2, -0.15) is 0 Å². The average Bonchev–Trinajstić information content (AvgIpc) is 3.47. The van der Waals surface area contributed by atoms with Crippen LogP contribution in [0.1, 0.15) is 12.8 Å². The fourth-order valence-corrected chi connectivity index (χ4v) is 3.42. The average molecular weight is 406 g/mol. The van der Waals surface area contributed by atoms with E-state index in [0.29, 0.717) is 33.1 Å². The summed E-state index contributed by atoms with van der Waals surface area (Å²) in [4.78, 5) is 25.6. The molecule has 0 bridgehead atoms. The van der Waals surface area contributed by atoms with E-state index in [0.717, 1.165) is 18.4 Å². The Balaban J connectivity index is 1.70. The van der Waals surface area contributed by atoms with Crippen LogP contribution in [0.3, 0.4) is 0 Å². The van der Waals surface area contributed by atoms with E-state index in [9.17, 15) is 4.79 Å². The van der Waals surface area contributed by atoms with Crippen molar-refractivity contribution in [1.29, 1.82) is 0 Å². The van der Waals surface area contributed by atoms with Crippen LogP contribution < -0.4 is 11.1 Å². The van der Waals surface area contributed by atoms with Gasteiger partial charge < -0.3 is 15.5 Å². The molecule has 2 aromatic heterocycles. The zero-order valence-corrected chi connectivity index (χ0v) is 16.0. The van der Waals surface area contributed by atoms with Crippen molar-refractivity contribution >= 4 is 40.2 Å². The molecule has 1 amide bonds. The molecule has 2 heterocycles. The molecule has 7 nitrogen and oxygen atoms in total. The molecule has 144 valence electrons. The predicted octanol–water partition coefficient (Wildman–Crippen LogP) is 4.54. The lowest BCUT2D eigenvalue weighted by molar-refractivity contribution is -0.117. The van der Waals surface area contributed by atoms with Crippen LogP contribution in [0, 0.1) is 5.92 Å². The fraction of sp³-hybridized carbons (Fsp3) is 0.143. The Morgan fingerprint density at radius 2 is 1.86 bits per heavy atom. The van der Waals surface area contributed by atoms with Crippen molar-refractivity contribution in [2.75, 3.05) is 11.1 Å². The van der Waals surface area contributed by atoms with Gasteiger partial charge in [0.05, 0.1) is 16.4 Å². The van der Waals surface area contributed by atoms with E-state index >= 15 is 0 Å². The van der Waals surface area contributed by atoms with Crippen LogP contribution in [0.2, 0.25) is 5.02 Å². The number of nitrogens with one attached hydrogen (secondary N) is 1. The minimum absolute atomic E-state index is 0.0217. The molecule has 1 aliphatic rings. The van der Waals surface area contributed by atoms with Crippen LogP contribution in [-0.2, 0) is 4.79 Å². The zero-order chi connectivity index (χ0) is 20.0. The second-order valence-electron chi connectivity index (χ2n) is 6.94. The Morgan fingerprint density at radius 1 is 1.10 bits per heavy atom. The molecule has 1 fully saturated rings. The molecular weight excluding hydrogens is 390 g/mol. The standard InChI is InChI=1S/C21H16ClN5O2/c22-14-8-13(9-15-18(14)24-10-29-15)17-16(11-4-2-1-3-5-11)25-19(23)20(26-17)27-21(28)12-6-7-12/h1-5,8-10,12H,6-7H2,(H2,23,25)(H,26,27,28). The highest BCUT2D eigenvalue weighted by Crippen LogP contribution is 2.37. The van der Waals surface area contributed by atoms with Crippen molar-refractivity contribution in [2.45, 2.75) is 12.8 Å². The minimum Gasteiger partial charge on any atom is -0.443 e. The number of nitrogens with two attached hydrogens (primary N) is 1. The highest BCUT2D eigenvalue weighted by Gasteiger charge is 2.30. The van der Waals surface area contributed by atoms with Crippen molar-refractivity contribution in [1.82, 2.24) is 15.0 Å². The first-order valence-corrected chi connectivity index (χ1v) is 9.55. The summed E-state index contributed by atoms with van der Waals surface area (Å²) in [6.45, 7) is 0. The van der Waals surface area contributed by atoms with Crippen molar-refractivity contribution in [3.63, 3.8) is 0 Å². The Morgan fingerprint density at radius 3 is 2.62 bits per heavy atom. The van der Waals surface area contributed by atoms with Gasteiger partial charge in [-0.05, 0) is 25.0 Å². The van der Waals surface area contributed by atoms with E-state index in [1.165, 1.54) is 6.39 Å². The summed E-state index contributed by atoms with van der Waals surface area (Å²) in [6, 6.07) is 13.1. The molecule has 0 atom stereocenters. The molecule has 0 saturated heterocycles. The Hall–Kier alpha value is -3.45. The maximum Gasteiger partial charge on any atom is 0.228 e. The van der Waals surface area contributed by atoms with Crippen LogP contribution >= 0.6 is 11.6 Å². The van der Waals surface area contributed by atoms with Gasteiger partial charge in [-0.1, -0.05) is 41.9 Å². The monoisotopic (exact) mass is 405 g/mol. The number of aromatic nitrogens is 3. The summed E-state index contributed by atoms with van der Waals surface area (Å²) < 4.78 is 5.43. The van der Waals surface area contributed by atoms with E-state index < -0.39 is 0 Å². The Bertz CT molecular complexity index is 1230. The third kappa shape index (κ3) is 3.30. The van der Waals surface area contributed by atoms with Gasteiger partial charge in [-0.25, -0.2) is 15.0 Å². The first-order chi connectivity index (χ1) is 14.1. The topological polar surface area (TPSA) is 107 Å². The number of hydrogen-bond donors (Lipinski definition) is 2. The summed E-state index contributed by atoms with van der Waals surface area (Å²) in [5.74, 6) is 0.334. The molecule has 1 saturated carbocycles. The first-order valence-electron chi connectivity index (χ1n) is 9.17. The van der Waals surface area contributed by atoms with Gasteiger partial charge in [0.15, 0.2) is 23.6 Å². The molecule has 2 aromatic carbocycles. The zero-order valence-electron chi connectivity index (χ0n) is 15.2. The van der Waals surface area contributed by atoms with Crippen LogP contribution in [0.5, 0.6) is 0 Å². The van der Waals surface area contributed by atoms with Crippen LogP contribution in [0.4, 0.5) is 11.6 Å². The van der Waals surface area contributed by atoms with Gasteiger partial charge in [0.2, 0.25) is 5.91 Å². The normalized spacial score (nSPS) is 13.6. The number of nitrogens with zero attached hydrogens (tertiary/aromatic N) is 3. The fourth-order valence-electron chi connectivity index (χ4n) is 3.16. The number of fused-ring (bicyclic) bond motifs is 1. The summed E-state index contributed by atoms with van der Waals surface area (Å²) in [5, 5.41) is 3.24. The van der Waals surface area contributed by atoms with E-state index in [1.807, 2.05) is 30.3 Å². The number of hydrogen-bond acceptors (Lipinski definition) is 6. The lowest BCUT2D eigenvalue weighted by Gasteiger charge is -2.14. The summed E-state index contributed by atoms with van der Waals surface area (Å²) >= 11 is 6.39. The van der Waals surface area contributed by atoms with Crippen molar-refractivity contribution in [2.24, 2.45) is 5.92 Å². The van der Waals surface area contributed by atoms with Crippen LogP contribution in [0.15, 0.2) is 53.3 Å². The first kappa shape index (κ1) is 17.6. The number of oxazole rings is 1. The molecule has 0 unspecified atom stereocenters. The third-order valence-electron chi connectivity index (χ3n) is 4.82. The molecule has 1 aliphatic carbocycles.